The first kappa shape index (κ1) is 16.2. The third-order valence-corrected chi connectivity index (χ3v) is 2.75. The van der Waals surface area contributed by atoms with Gasteiger partial charge >= 0.3 is 5.97 Å². The van der Waals surface area contributed by atoms with Gasteiger partial charge in [0, 0.05) is 18.7 Å². The molecule has 0 saturated carbocycles. The van der Waals surface area contributed by atoms with Crippen molar-refractivity contribution in [2.75, 3.05) is 13.1 Å². The van der Waals surface area contributed by atoms with Crippen molar-refractivity contribution in [1.29, 1.82) is 0 Å². The number of nitrogens with zero attached hydrogens (tertiary/aromatic N) is 1. The van der Waals surface area contributed by atoms with E-state index in [0.717, 1.165) is 25.9 Å². The van der Waals surface area contributed by atoms with Gasteiger partial charge in [-0.1, -0.05) is 32.3 Å². The number of unbranched alkanes of at least 4 members (excludes halogenated alkanes) is 4. The zero-order valence-electron chi connectivity index (χ0n) is 11.8. The minimum absolute atomic E-state index is 0.218. The van der Waals surface area contributed by atoms with Crippen LogP contribution in [0.2, 0.25) is 0 Å². The van der Waals surface area contributed by atoms with Crippen LogP contribution >= 0.6 is 0 Å². The molecule has 0 fully saturated rings. The lowest BCUT2D eigenvalue weighted by molar-refractivity contribution is -0.183. The third-order valence-electron chi connectivity index (χ3n) is 2.75. The highest BCUT2D eigenvalue weighted by Crippen LogP contribution is 2.07. The molecule has 3 heteroatoms. The van der Waals surface area contributed by atoms with Crippen LogP contribution < -0.4 is 0 Å². The molecule has 0 saturated heterocycles. The zero-order chi connectivity index (χ0) is 13.1. The van der Waals surface area contributed by atoms with Crippen molar-refractivity contribution in [2.24, 2.45) is 0 Å². The summed E-state index contributed by atoms with van der Waals surface area (Å²) >= 11 is 0. The first-order valence-electron chi connectivity index (χ1n) is 6.79. The minimum Gasteiger partial charge on any atom is -0.364 e. The molecule has 0 unspecified atom stereocenters. The molecule has 0 aliphatic heterocycles. The Hall–Kier alpha value is -0.830. The molecule has 0 radical (unpaired) electrons. The lowest BCUT2D eigenvalue weighted by Gasteiger charge is -2.17. The Morgan fingerprint density at radius 1 is 1.12 bits per heavy atom. The summed E-state index contributed by atoms with van der Waals surface area (Å²) in [5, 5.41) is 1.66. The van der Waals surface area contributed by atoms with E-state index in [-0.39, 0.29) is 5.97 Å². The summed E-state index contributed by atoms with van der Waals surface area (Å²) in [5.74, 6) is -0.218. The van der Waals surface area contributed by atoms with E-state index < -0.39 is 0 Å². The Labute approximate surface area is 106 Å². The highest BCUT2D eigenvalue weighted by atomic mass is 16.7. The fourth-order valence-corrected chi connectivity index (χ4v) is 1.51. The van der Waals surface area contributed by atoms with Crippen LogP contribution in [-0.2, 0) is 9.63 Å². The average molecular weight is 241 g/mol. The van der Waals surface area contributed by atoms with Crippen LogP contribution in [0.5, 0.6) is 0 Å². The summed E-state index contributed by atoms with van der Waals surface area (Å²) in [4.78, 5) is 16.9. The summed E-state index contributed by atoms with van der Waals surface area (Å²) in [5.41, 5.74) is 0.716. The summed E-state index contributed by atoms with van der Waals surface area (Å²) in [6.45, 7) is 9.42. The first-order chi connectivity index (χ1) is 8.15. The average Bonchev–Trinajstić information content (AvgIpc) is 2.35. The van der Waals surface area contributed by atoms with Crippen molar-refractivity contribution in [3.05, 3.63) is 11.6 Å². The van der Waals surface area contributed by atoms with Crippen LogP contribution in [0.4, 0.5) is 0 Å². The van der Waals surface area contributed by atoms with E-state index in [1.165, 1.54) is 19.3 Å². The van der Waals surface area contributed by atoms with Crippen molar-refractivity contribution < 1.29 is 9.63 Å². The fraction of sp³-hybridized carbons (Fsp3) is 0.786. The van der Waals surface area contributed by atoms with Crippen LogP contribution in [-0.4, -0.2) is 24.1 Å². The van der Waals surface area contributed by atoms with Gasteiger partial charge in [0.2, 0.25) is 0 Å². The molecule has 0 bridgehead atoms. The molecule has 0 spiro atoms. The molecule has 3 nitrogen and oxygen atoms in total. The van der Waals surface area contributed by atoms with E-state index >= 15 is 0 Å². The number of hydroxylamine groups is 2. The zero-order valence-corrected chi connectivity index (χ0v) is 11.8. The van der Waals surface area contributed by atoms with Gasteiger partial charge in [-0.05, 0) is 33.6 Å². The second-order valence-corrected chi connectivity index (χ2v) is 4.23. The van der Waals surface area contributed by atoms with Gasteiger partial charge in [0.1, 0.15) is 0 Å². The summed E-state index contributed by atoms with van der Waals surface area (Å²) in [7, 11) is 0. The third kappa shape index (κ3) is 7.97. The molecule has 17 heavy (non-hydrogen) atoms. The number of hydrogen-bond acceptors (Lipinski definition) is 3. The van der Waals surface area contributed by atoms with E-state index in [9.17, 15) is 4.79 Å². The minimum atomic E-state index is -0.218. The van der Waals surface area contributed by atoms with Crippen LogP contribution in [0.15, 0.2) is 11.6 Å². The number of hydrogen-bond donors (Lipinski definition) is 0. The highest BCUT2D eigenvalue weighted by Gasteiger charge is 2.09. The van der Waals surface area contributed by atoms with Crippen LogP contribution in [0, 0.1) is 0 Å². The number of carbonyl (C=O) groups excluding carboxylic acids is 1. The monoisotopic (exact) mass is 241 g/mol. The van der Waals surface area contributed by atoms with Crippen molar-refractivity contribution in [1.82, 2.24) is 5.06 Å². The fourth-order valence-electron chi connectivity index (χ4n) is 1.51. The largest absolute Gasteiger partial charge is 0.364 e. The molecular weight excluding hydrogens is 214 g/mol. The van der Waals surface area contributed by atoms with E-state index in [4.69, 9.17) is 4.84 Å². The predicted molar refractivity (Wildman–Crippen MR) is 71.5 cm³/mol. The highest BCUT2D eigenvalue weighted by molar-refractivity contribution is 5.87. The SMILES string of the molecule is CCCCCCC=C(C)C(=O)ON(CC)CC. The Morgan fingerprint density at radius 2 is 1.76 bits per heavy atom. The van der Waals surface area contributed by atoms with E-state index in [1.54, 1.807) is 5.06 Å². The molecule has 0 aromatic carbocycles. The molecule has 100 valence electrons. The predicted octanol–water partition coefficient (Wildman–Crippen LogP) is 3.70. The second kappa shape index (κ2) is 10.3. The maximum absolute atomic E-state index is 11.7. The smallest absolute Gasteiger partial charge is 0.352 e. The van der Waals surface area contributed by atoms with Crippen molar-refractivity contribution in [3.8, 4) is 0 Å². The van der Waals surface area contributed by atoms with Crippen LogP contribution in [0.3, 0.4) is 0 Å². The van der Waals surface area contributed by atoms with E-state index in [0.29, 0.717) is 5.57 Å². The number of carbonyl (C=O) groups is 1. The Kier molecular flexibility index (Phi) is 9.83. The van der Waals surface area contributed by atoms with Crippen LogP contribution in [0.1, 0.15) is 59.8 Å². The molecule has 0 aliphatic carbocycles. The molecule has 0 aromatic rings. The topological polar surface area (TPSA) is 29.5 Å². The van der Waals surface area contributed by atoms with Gasteiger partial charge in [-0.25, -0.2) is 4.79 Å². The van der Waals surface area contributed by atoms with Gasteiger partial charge in [-0.2, -0.15) is 0 Å². The van der Waals surface area contributed by atoms with Crippen LogP contribution in [0.25, 0.3) is 0 Å². The maximum Gasteiger partial charge on any atom is 0.352 e. The maximum atomic E-state index is 11.7. The molecule has 0 N–H and O–H groups in total. The van der Waals surface area contributed by atoms with Gasteiger partial charge in [-0.3, -0.25) is 0 Å². The number of rotatable bonds is 9. The van der Waals surface area contributed by atoms with Crippen molar-refractivity contribution in [3.63, 3.8) is 0 Å². The molecule has 0 heterocycles. The molecular formula is C14H27NO2. The van der Waals surface area contributed by atoms with E-state index in [2.05, 4.69) is 6.92 Å². The second-order valence-electron chi connectivity index (χ2n) is 4.23. The Morgan fingerprint density at radius 3 is 2.29 bits per heavy atom. The Bertz CT molecular complexity index is 232. The van der Waals surface area contributed by atoms with Gasteiger partial charge in [0.15, 0.2) is 0 Å². The molecule has 0 rings (SSSR count). The van der Waals surface area contributed by atoms with Crippen molar-refractivity contribution >= 4 is 5.97 Å². The summed E-state index contributed by atoms with van der Waals surface area (Å²) in [6, 6.07) is 0. The van der Waals surface area contributed by atoms with Gasteiger partial charge in [0.25, 0.3) is 0 Å². The van der Waals surface area contributed by atoms with Gasteiger partial charge in [0.05, 0.1) is 0 Å². The summed E-state index contributed by atoms with van der Waals surface area (Å²) < 4.78 is 0. The molecule has 0 amide bonds. The lowest BCUT2D eigenvalue weighted by Crippen LogP contribution is -2.27. The van der Waals surface area contributed by atoms with Gasteiger partial charge < -0.3 is 4.84 Å². The Balaban J connectivity index is 3.90. The number of allylic oxidation sites excluding steroid dienone is 1. The van der Waals surface area contributed by atoms with E-state index in [1.807, 2.05) is 26.8 Å². The quantitative estimate of drug-likeness (QED) is 0.350. The molecule has 0 atom stereocenters. The normalized spacial score (nSPS) is 11.9. The van der Waals surface area contributed by atoms with Crippen molar-refractivity contribution in [2.45, 2.75) is 59.8 Å². The summed E-state index contributed by atoms with van der Waals surface area (Å²) in [6.07, 6.45) is 7.87. The molecule has 0 aromatic heterocycles. The standard InChI is InChI=1S/C14H27NO2/c1-5-8-9-10-11-12-13(4)14(16)17-15(6-2)7-3/h12H,5-11H2,1-4H3. The van der Waals surface area contributed by atoms with Gasteiger partial charge in [-0.15, -0.1) is 5.06 Å². The lowest BCUT2D eigenvalue weighted by atomic mass is 10.1. The first-order valence-corrected chi connectivity index (χ1v) is 6.79. The molecule has 0 aliphatic rings.